The first-order valence-corrected chi connectivity index (χ1v) is 9.63. The number of rotatable bonds is 6. The zero-order valence-electron chi connectivity index (χ0n) is 15.4. The molecule has 140 valence electrons. The highest BCUT2D eigenvalue weighted by Crippen LogP contribution is 2.53. The second-order valence-electron chi connectivity index (χ2n) is 7.21. The average Bonchev–Trinajstić information content (AvgIpc) is 3.18. The molecule has 0 saturated carbocycles. The van der Waals surface area contributed by atoms with Crippen molar-refractivity contribution >= 4 is 11.4 Å². The summed E-state index contributed by atoms with van der Waals surface area (Å²) in [6.07, 6.45) is 7.42. The molecule has 2 aromatic rings. The molecule has 1 heterocycles. The second kappa shape index (κ2) is 7.43. The van der Waals surface area contributed by atoms with E-state index in [1.807, 2.05) is 24.3 Å². The number of anilines is 1. The molecule has 1 aliphatic carbocycles. The van der Waals surface area contributed by atoms with Gasteiger partial charge in [-0.05, 0) is 30.4 Å². The van der Waals surface area contributed by atoms with E-state index in [1.165, 1.54) is 5.56 Å². The fourth-order valence-corrected chi connectivity index (χ4v) is 4.26. The quantitative estimate of drug-likeness (QED) is 0.314. The Balaban J connectivity index is 1.75. The third kappa shape index (κ3) is 3.18. The smallest absolute Gasteiger partial charge is 0.274 e. The minimum absolute atomic E-state index is 0.116. The van der Waals surface area contributed by atoms with E-state index in [1.54, 1.807) is 12.1 Å². The summed E-state index contributed by atoms with van der Waals surface area (Å²) in [5.41, 5.74) is 3.12. The van der Waals surface area contributed by atoms with Crippen molar-refractivity contribution in [2.24, 2.45) is 5.92 Å². The SMILES string of the molecule is CCCCOc1cccc2c1NC(c1ccccc1[N+](=O)[O-])C1CC=CC21. The van der Waals surface area contributed by atoms with Crippen LogP contribution >= 0.6 is 0 Å². The number of allylic oxidation sites excluding steroid dienone is 2. The van der Waals surface area contributed by atoms with Crippen LogP contribution in [0.15, 0.2) is 54.6 Å². The zero-order chi connectivity index (χ0) is 18.8. The number of ether oxygens (including phenoxy) is 1. The van der Waals surface area contributed by atoms with Gasteiger partial charge >= 0.3 is 0 Å². The number of fused-ring (bicyclic) bond motifs is 3. The fourth-order valence-electron chi connectivity index (χ4n) is 4.26. The molecule has 5 nitrogen and oxygen atoms in total. The first-order chi connectivity index (χ1) is 13.2. The van der Waals surface area contributed by atoms with Crippen molar-refractivity contribution in [1.29, 1.82) is 0 Å². The van der Waals surface area contributed by atoms with Crippen molar-refractivity contribution in [3.63, 3.8) is 0 Å². The molecule has 0 saturated heterocycles. The van der Waals surface area contributed by atoms with Crippen molar-refractivity contribution in [3.05, 3.63) is 75.9 Å². The summed E-state index contributed by atoms with van der Waals surface area (Å²) in [5, 5.41) is 15.2. The van der Waals surface area contributed by atoms with Gasteiger partial charge in [0, 0.05) is 12.0 Å². The van der Waals surface area contributed by atoms with Gasteiger partial charge in [-0.1, -0.05) is 55.8 Å². The summed E-state index contributed by atoms with van der Waals surface area (Å²) in [7, 11) is 0. The van der Waals surface area contributed by atoms with Gasteiger partial charge in [0.05, 0.1) is 28.8 Å². The molecule has 0 radical (unpaired) electrons. The topological polar surface area (TPSA) is 64.4 Å². The van der Waals surface area contributed by atoms with E-state index in [0.29, 0.717) is 6.61 Å². The van der Waals surface area contributed by atoms with E-state index in [0.717, 1.165) is 36.3 Å². The Morgan fingerprint density at radius 1 is 1.19 bits per heavy atom. The Morgan fingerprint density at radius 3 is 2.81 bits per heavy atom. The molecule has 1 aliphatic heterocycles. The van der Waals surface area contributed by atoms with Gasteiger partial charge < -0.3 is 10.1 Å². The lowest BCUT2D eigenvalue weighted by Gasteiger charge is -2.38. The van der Waals surface area contributed by atoms with Crippen LogP contribution in [0.2, 0.25) is 0 Å². The Hall–Kier alpha value is -2.82. The molecule has 3 atom stereocenters. The van der Waals surface area contributed by atoms with Crippen LogP contribution < -0.4 is 10.1 Å². The molecule has 1 N–H and O–H groups in total. The van der Waals surface area contributed by atoms with Crippen LogP contribution in [0.5, 0.6) is 5.75 Å². The average molecular weight is 364 g/mol. The highest BCUT2D eigenvalue weighted by molar-refractivity contribution is 5.68. The molecule has 0 aromatic heterocycles. The lowest BCUT2D eigenvalue weighted by atomic mass is 9.76. The van der Waals surface area contributed by atoms with Crippen LogP contribution in [0.3, 0.4) is 0 Å². The number of nitro groups is 1. The summed E-state index contributed by atoms with van der Waals surface area (Å²) in [6, 6.07) is 13.1. The Bertz CT molecular complexity index is 878. The van der Waals surface area contributed by atoms with E-state index >= 15 is 0 Å². The summed E-state index contributed by atoms with van der Waals surface area (Å²) in [5.74, 6) is 1.36. The number of hydrogen-bond donors (Lipinski definition) is 1. The van der Waals surface area contributed by atoms with Gasteiger partial charge in [0.15, 0.2) is 0 Å². The first kappa shape index (κ1) is 17.6. The Labute approximate surface area is 159 Å². The number of unbranched alkanes of at least 4 members (excludes halogenated alkanes) is 1. The van der Waals surface area contributed by atoms with Gasteiger partial charge in [-0.15, -0.1) is 0 Å². The third-order valence-electron chi connectivity index (χ3n) is 5.58. The normalized spacial score (nSPS) is 22.6. The number of hydrogen-bond acceptors (Lipinski definition) is 4. The van der Waals surface area contributed by atoms with Gasteiger partial charge in [0.1, 0.15) is 5.75 Å². The number of benzene rings is 2. The monoisotopic (exact) mass is 364 g/mol. The highest BCUT2D eigenvalue weighted by Gasteiger charge is 2.41. The van der Waals surface area contributed by atoms with E-state index in [-0.39, 0.29) is 28.5 Å². The minimum atomic E-state index is -0.284. The van der Waals surface area contributed by atoms with Gasteiger partial charge in [-0.3, -0.25) is 10.1 Å². The minimum Gasteiger partial charge on any atom is -0.491 e. The summed E-state index contributed by atoms with van der Waals surface area (Å²) in [4.78, 5) is 11.3. The third-order valence-corrected chi connectivity index (χ3v) is 5.58. The van der Waals surface area contributed by atoms with Crippen molar-refractivity contribution in [3.8, 4) is 5.75 Å². The number of nitrogens with one attached hydrogen (secondary N) is 1. The van der Waals surface area contributed by atoms with Crippen molar-refractivity contribution in [2.45, 2.75) is 38.1 Å². The van der Waals surface area contributed by atoms with Crippen LogP contribution in [0.4, 0.5) is 11.4 Å². The van der Waals surface area contributed by atoms with Crippen LogP contribution in [0.1, 0.15) is 49.3 Å². The van der Waals surface area contributed by atoms with Gasteiger partial charge in [-0.2, -0.15) is 0 Å². The largest absolute Gasteiger partial charge is 0.491 e. The van der Waals surface area contributed by atoms with E-state index in [2.05, 4.69) is 30.5 Å². The molecule has 4 rings (SSSR count). The van der Waals surface area contributed by atoms with E-state index < -0.39 is 0 Å². The van der Waals surface area contributed by atoms with Crippen molar-refractivity contribution in [2.75, 3.05) is 11.9 Å². The summed E-state index contributed by atoms with van der Waals surface area (Å²) < 4.78 is 6.03. The Morgan fingerprint density at radius 2 is 2.00 bits per heavy atom. The van der Waals surface area contributed by atoms with Gasteiger partial charge in [0.2, 0.25) is 0 Å². The second-order valence-corrected chi connectivity index (χ2v) is 7.21. The maximum absolute atomic E-state index is 11.6. The molecule has 0 fully saturated rings. The lowest BCUT2D eigenvalue weighted by molar-refractivity contribution is -0.385. The van der Waals surface area contributed by atoms with E-state index in [4.69, 9.17) is 4.74 Å². The number of nitro benzene ring substituents is 1. The molecular formula is C22H24N2O3. The predicted molar refractivity (Wildman–Crippen MR) is 106 cm³/mol. The molecular weight excluding hydrogens is 340 g/mol. The molecule has 2 aliphatic rings. The molecule has 27 heavy (non-hydrogen) atoms. The van der Waals surface area contributed by atoms with Crippen molar-refractivity contribution in [1.82, 2.24) is 0 Å². The summed E-state index contributed by atoms with van der Waals surface area (Å²) in [6.45, 7) is 2.81. The standard InChI is InChI=1S/C22H24N2O3/c1-2-3-14-27-20-13-7-11-17-15-9-6-10-16(15)21(23-22(17)20)18-8-4-5-12-19(18)24(25)26/h4-9,11-13,15-16,21,23H,2-3,10,14H2,1H3. The maximum Gasteiger partial charge on any atom is 0.274 e. The molecule has 0 spiro atoms. The van der Waals surface area contributed by atoms with Gasteiger partial charge in [-0.25, -0.2) is 0 Å². The van der Waals surface area contributed by atoms with Gasteiger partial charge in [0.25, 0.3) is 5.69 Å². The van der Waals surface area contributed by atoms with Crippen molar-refractivity contribution < 1.29 is 9.66 Å². The molecule has 3 unspecified atom stereocenters. The fraction of sp³-hybridized carbons (Fsp3) is 0.364. The maximum atomic E-state index is 11.6. The lowest BCUT2D eigenvalue weighted by Crippen LogP contribution is -2.30. The zero-order valence-corrected chi connectivity index (χ0v) is 15.4. The molecule has 5 heteroatoms. The Kier molecular flexibility index (Phi) is 4.84. The van der Waals surface area contributed by atoms with Crippen LogP contribution in [-0.4, -0.2) is 11.5 Å². The van der Waals surface area contributed by atoms with Crippen LogP contribution in [0, 0.1) is 16.0 Å². The molecule has 0 amide bonds. The highest BCUT2D eigenvalue weighted by atomic mass is 16.6. The van der Waals surface area contributed by atoms with Crippen LogP contribution in [0.25, 0.3) is 0 Å². The predicted octanol–water partition coefficient (Wildman–Crippen LogP) is 5.60. The summed E-state index contributed by atoms with van der Waals surface area (Å²) >= 11 is 0. The molecule has 0 bridgehead atoms. The van der Waals surface area contributed by atoms with E-state index in [9.17, 15) is 10.1 Å². The van der Waals surface area contributed by atoms with Crippen LogP contribution in [-0.2, 0) is 0 Å². The number of para-hydroxylation sites is 2. The molecule has 2 aromatic carbocycles. The number of nitrogens with zero attached hydrogens (tertiary/aromatic N) is 1. The first-order valence-electron chi connectivity index (χ1n) is 9.63.